The van der Waals surface area contributed by atoms with E-state index in [0.29, 0.717) is 30.3 Å². The van der Waals surface area contributed by atoms with E-state index < -0.39 is 10.8 Å². The third kappa shape index (κ3) is 3.16. The zero-order valence-corrected chi connectivity index (χ0v) is 15.0. The van der Waals surface area contributed by atoms with Gasteiger partial charge in [0.05, 0.1) is 24.6 Å². The summed E-state index contributed by atoms with van der Waals surface area (Å²) in [5, 5.41) is 30.5. The maximum atomic E-state index is 12.7. The summed E-state index contributed by atoms with van der Waals surface area (Å²) in [6.45, 7) is 6.16. The first-order chi connectivity index (χ1) is 11.2. The molecule has 0 aromatic carbocycles. The standard InChI is InChI=1S/C16H27N5O3/c1-11-6-12(13(19-18-11)20(4)5)17-14(24)21-7-15(2,9-22)16(3,8-21)10-23/h6,22-23H,7-10H2,1-5H3,(H,17,18,24)/t15-,16+. The van der Waals surface area contributed by atoms with Crippen LogP contribution in [-0.4, -0.2) is 71.7 Å². The zero-order chi connectivity index (χ0) is 18.1. The number of nitrogens with one attached hydrogen (secondary N) is 1. The number of aromatic nitrogens is 2. The van der Waals surface area contributed by atoms with Gasteiger partial charge in [-0.1, -0.05) is 13.8 Å². The summed E-state index contributed by atoms with van der Waals surface area (Å²) in [7, 11) is 3.66. The summed E-state index contributed by atoms with van der Waals surface area (Å²) in [4.78, 5) is 16.1. The van der Waals surface area contributed by atoms with Gasteiger partial charge in [0.25, 0.3) is 0 Å². The fourth-order valence-corrected chi connectivity index (χ4v) is 3.00. The van der Waals surface area contributed by atoms with Crippen molar-refractivity contribution < 1.29 is 15.0 Å². The Labute approximate surface area is 142 Å². The minimum Gasteiger partial charge on any atom is -0.396 e. The minimum atomic E-state index is -0.546. The third-order valence-electron chi connectivity index (χ3n) is 5.08. The molecule has 0 bridgehead atoms. The number of nitrogens with zero attached hydrogens (tertiary/aromatic N) is 4. The predicted molar refractivity (Wildman–Crippen MR) is 92.1 cm³/mol. The highest BCUT2D eigenvalue weighted by Gasteiger charge is 2.52. The van der Waals surface area contributed by atoms with E-state index in [-0.39, 0.29) is 19.2 Å². The molecule has 2 heterocycles. The third-order valence-corrected chi connectivity index (χ3v) is 5.08. The van der Waals surface area contributed by atoms with E-state index in [2.05, 4.69) is 15.5 Å². The van der Waals surface area contributed by atoms with Crippen LogP contribution in [0.2, 0.25) is 0 Å². The lowest BCUT2D eigenvalue weighted by molar-refractivity contribution is 0.00976. The summed E-state index contributed by atoms with van der Waals surface area (Å²) in [6, 6.07) is 1.50. The summed E-state index contributed by atoms with van der Waals surface area (Å²) in [5.74, 6) is 0.572. The summed E-state index contributed by atoms with van der Waals surface area (Å²) in [5.41, 5.74) is 0.199. The normalized spacial score (nSPS) is 26.5. The molecule has 1 aliphatic heterocycles. The van der Waals surface area contributed by atoms with Gasteiger partial charge in [-0.2, -0.15) is 5.10 Å². The van der Waals surface area contributed by atoms with E-state index in [1.165, 1.54) is 0 Å². The lowest BCUT2D eigenvalue weighted by atomic mass is 9.69. The van der Waals surface area contributed by atoms with Crippen molar-refractivity contribution in [1.29, 1.82) is 0 Å². The van der Waals surface area contributed by atoms with E-state index in [1.54, 1.807) is 15.9 Å². The smallest absolute Gasteiger partial charge is 0.321 e. The lowest BCUT2D eigenvalue weighted by Gasteiger charge is -2.36. The van der Waals surface area contributed by atoms with Gasteiger partial charge in [0, 0.05) is 38.0 Å². The molecule has 2 rings (SSSR count). The Balaban J connectivity index is 2.22. The first-order valence-corrected chi connectivity index (χ1v) is 7.95. The predicted octanol–water partition coefficient (Wildman–Crippen LogP) is 0.696. The molecule has 0 spiro atoms. The van der Waals surface area contributed by atoms with Crippen LogP contribution in [0.3, 0.4) is 0 Å². The highest BCUT2D eigenvalue weighted by molar-refractivity contribution is 5.92. The second kappa shape index (κ2) is 6.52. The maximum absolute atomic E-state index is 12.7. The largest absolute Gasteiger partial charge is 0.396 e. The number of anilines is 2. The minimum absolute atomic E-state index is 0.0906. The summed E-state index contributed by atoms with van der Waals surface area (Å²) in [6.07, 6.45) is 0. The van der Waals surface area contributed by atoms with Crippen LogP contribution in [0.5, 0.6) is 0 Å². The van der Waals surface area contributed by atoms with E-state index in [0.717, 1.165) is 0 Å². The van der Waals surface area contributed by atoms with Crippen LogP contribution < -0.4 is 10.2 Å². The Morgan fingerprint density at radius 2 is 1.79 bits per heavy atom. The molecule has 24 heavy (non-hydrogen) atoms. The lowest BCUT2D eigenvalue weighted by Crippen LogP contribution is -2.41. The number of likely N-dealkylation sites (tertiary alicyclic amines) is 1. The summed E-state index contributed by atoms with van der Waals surface area (Å²) >= 11 is 0. The number of amides is 2. The first kappa shape index (κ1) is 18.4. The second-order valence-electron chi connectivity index (χ2n) is 7.34. The maximum Gasteiger partial charge on any atom is 0.321 e. The van der Waals surface area contributed by atoms with Crippen LogP contribution in [0.15, 0.2) is 6.07 Å². The fourth-order valence-electron chi connectivity index (χ4n) is 3.00. The molecular formula is C16H27N5O3. The van der Waals surface area contributed by atoms with Crippen LogP contribution in [0.4, 0.5) is 16.3 Å². The van der Waals surface area contributed by atoms with Gasteiger partial charge in [0.1, 0.15) is 0 Å². The van der Waals surface area contributed by atoms with Gasteiger partial charge in [-0.3, -0.25) is 0 Å². The Kier molecular flexibility index (Phi) is 5.00. The van der Waals surface area contributed by atoms with Crippen LogP contribution >= 0.6 is 0 Å². The number of carbonyl (C=O) groups is 1. The van der Waals surface area contributed by atoms with Crippen molar-refractivity contribution in [2.24, 2.45) is 10.8 Å². The average Bonchev–Trinajstić information content (AvgIpc) is 2.80. The molecule has 0 radical (unpaired) electrons. The van der Waals surface area contributed by atoms with Gasteiger partial charge in [0.2, 0.25) is 0 Å². The number of aliphatic hydroxyl groups is 2. The molecule has 2 atom stereocenters. The van der Waals surface area contributed by atoms with Gasteiger partial charge < -0.3 is 25.3 Å². The molecule has 134 valence electrons. The Morgan fingerprint density at radius 1 is 1.25 bits per heavy atom. The molecule has 8 heteroatoms. The molecule has 8 nitrogen and oxygen atoms in total. The highest BCUT2D eigenvalue weighted by atomic mass is 16.3. The topological polar surface area (TPSA) is 102 Å². The highest BCUT2D eigenvalue weighted by Crippen LogP contribution is 2.45. The Hall–Kier alpha value is -1.93. The molecule has 1 fully saturated rings. The van der Waals surface area contributed by atoms with E-state index >= 15 is 0 Å². The van der Waals surface area contributed by atoms with Gasteiger partial charge in [-0.05, 0) is 13.0 Å². The van der Waals surface area contributed by atoms with Crippen molar-refractivity contribution in [2.75, 3.05) is 50.6 Å². The first-order valence-electron chi connectivity index (χ1n) is 7.95. The van der Waals surface area contributed by atoms with E-state index in [9.17, 15) is 15.0 Å². The number of urea groups is 1. The van der Waals surface area contributed by atoms with Gasteiger partial charge in [-0.15, -0.1) is 5.10 Å². The molecule has 1 aromatic rings. The molecule has 1 aliphatic rings. The molecule has 1 aromatic heterocycles. The molecular weight excluding hydrogens is 310 g/mol. The zero-order valence-electron chi connectivity index (χ0n) is 15.0. The van der Waals surface area contributed by atoms with Crippen LogP contribution in [-0.2, 0) is 0 Å². The monoisotopic (exact) mass is 337 g/mol. The van der Waals surface area contributed by atoms with Crippen molar-refractivity contribution >= 4 is 17.5 Å². The average molecular weight is 337 g/mol. The molecule has 3 N–H and O–H groups in total. The number of rotatable bonds is 4. The molecule has 0 saturated carbocycles. The number of hydrogen-bond acceptors (Lipinski definition) is 6. The number of aryl methyl sites for hydroxylation is 1. The van der Waals surface area contributed by atoms with E-state index in [4.69, 9.17) is 0 Å². The summed E-state index contributed by atoms with van der Waals surface area (Å²) < 4.78 is 0. The molecule has 2 amide bonds. The van der Waals surface area contributed by atoms with Crippen LogP contribution in [0, 0.1) is 17.8 Å². The van der Waals surface area contributed by atoms with Crippen LogP contribution in [0.25, 0.3) is 0 Å². The van der Waals surface area contributed by atoms with Gasteiger partial charge in [-0.25, -0.2) is 4.79 Å². The Morgan fingerprint density at radius 3 is 2.25 bits per heavy atom. The van der Waals surface area contributed by atoms with Crippen molar-refractivity contribution in [1.82, 2.24) is 15.1 Å². The molecule has 0 aliphatic carbocycles. The van der Waals surface area contributed by atoms with Crippen molar-refractivity contribution in [2.45, 2.75) is 20.8 Å². The quantitative estimate of drug-likeness (QED) is 0.747. The van der Waals surface area contributed by atoms with Crippen molar-refractivity contribution in [3.63, 3.8) is 0 Å². The van der Waals surface area contributed by atoms with Crippen LogP contribution in [0.1, 0.15) is 19.5 Å². The SMILES string of the molecule is Cc1cc(NC(=O)N2C[C@](C)(CO)[C@](C)(CO)C2)c(N(C)C)nn1. The number of aliphatic hydroxyl groups excluding tert-OH is 2. The fraction of sp³-hybridized carbons (Fsp3) is 0.688. The van der Waals surface area contributed by atoms with Crippen molar-refractivity contribution in [3.8, 4) is 0 Å². The van der Waals surface area contributed by atoms with Crippen molar-refractivity contribution in [3.05, 3.63) is 11.8 Å². The van der Waals surface area contributed by atoms with Gasteiger partial charge >= 0.3 is 6.03 Å². The van der Waals surface area contributed by atoms with Gasteiger partial charge in [0.15, 0.2) is 5.82 Å². The molecule has 1 saturated heterocycles. The number of carbonyl (C=O) groups excluding carboxylic acids is 1. The molecule has 0 unspecified atom stereocenters. The second-order valence-corrected chi connectivity index (χ2v) is 7.34. The number of hydrogen-bond donors (Lipinski definition) is 3. The Bertz CT molecular complexity index is 606. The van der Waals surface area contributed by atoms with E-state index in [1.807, 2.05) is 34.9 Å².